The molecular formula is C25H23N3O5. The van der Waals surface area contributed by atoms with Gasteiger partial charge < -0.3 is 24.7 Å². The Hall–Kier alpha value is -4.33. The SMILES string of the molecule is CCOc1ccc(C(C)=O)cc1-c1cc(NC(=O)c2ccco2)cc(-c2c(N)noc2C)c1. The van der Waals surface area contributed by atoms with Gasteiger partial charge in [0.2, 0.25) is 0 Å². The zero-order valence-corrected chi connectivity index (χ0v) is 18.5. The van der Waals surface area contributed by atoms with Crippen LogP contribution in [-0.2, 0) is 0 Å². The summed E-state index contributed by atoms with van der Waals surface area (Å²) in [6, 6.07) is 13.9. The van der Waals surface area contributed by atoms with Crippen molar-refractivity contribution in [1.29, 1.82) is 0 Å². The molecule has 2 heterocycles. The second-order valence-electron chi connectivity index (χ2n) is 7.43. The van der Waals surface area contributed by atoms with E-state index >= 15 is 0 Å². The molecule has 0 unspecified atom stereocenters. The van der Waals surface area contributed by atoms with Crippen LogP contribution in [0.15, 0.2) is 63.7 Å². The lowest BCUT2D eigenvalue weighted by Gasteiger charge is -2.15. The Morgan fingerprint density at radius 3 is 2.55 bits per heavy atom. The van der Waals surface area contributed by atoms with Crippen LogP contribution in [0.2, 0.25) is 0 Å². The van der Waals surface area contributed by atoms with E-state index in [1.165, 1.54) is 13.2 Å². The summed E-state index contributed by atoms with van der Waals surface area (Å²) in [5, 5.41) is 6.69. The number of anilines is 2. The van der Waals surface area contributed by atoms with Crippen molar-refractivity contribution in [3.63, 3.8) is 0 Å². The van der Waals surface area contributed by atoms with E-state index in [0.29, 0.717) is 51.6 Å². The van der Waals surface area contributed by atoms with Crippen molar-refractivity contribution in [1.82, 2.24) is 5.16 Å². The first-order valence-corrected chi connectivity index (χ1v) is 10.4. The highest BCUT2D eigenvalue weighted by molar-refractivity contribution is 6.03. The Kier molecular flexibility index (Phi) is 5.99. The fraction of sp³-hybridized carbons (Fsp3) is 0.160. The number of ketones is 1. The fourth-order valence-corrected chi connectivity index (χ4v) is 3.60. The van der Waals surface area contributed by atoms with Gasteiger partial charge in [-0.25, -0.2) is 0 Å². The molecule has 168 valence electrons. The number of nitrogens with one attached hydrogen (secondary N) is 1. The minimum atomic E-state index is -0.402. The first-order valence-electron chi connectivity index (χ1n) is 10.4. The second kappa shape index (κ2) is 9.04. The summed E-state index contributed by atoms with van der Waals surface area (Å²) in [5.41, 5.74) is 9.82. The van der Waals surface area contributed by atoms with Crippen LogP contribution in [-0.4, -0.2) is 23.5 Å². The van der Waals surface area contributed by atoms with Gasteiger partial charge in [-0.1, -0.05) is 5.16 Å². The lowest BCUT2D eigenvalue weighted by Crippen LogP contribution is -2.11. The highest BCUT2D eigenvalue weighted by Crippen LogP contribution is 2.38. The van der Waals surface area contributed by atoms with Crippen LogP contribution in [0.5, 0.6) is 5.75 Å². The third kappa shape index (κ3) is 4.50. The van der Waals surface area contributed by atoms with Crippen molar-refractivity contribution in [3.05, 3.63) is 71.9 Å². The number of amides is 1. The van der Waals surface area contributed by atoms with Gasteiger partial charge in [-0.3, -0.25) is 9.59 Å². The molecule has 33 heavy (non-hydrogen) atoms. The number of hydrogen-bond donors (Lipinski definition) is 2. The molecule has 0 atom stereocenters. The van der Waals surface area contributed by atoms with Gasteiger partial charge in [0.1, 0.15) is 11.5 Å². The highest BCUT2D eigenvalue weighted by atomic mass is 16.5. The van der Waals surface area contributed by atoms with E-state index in [2.05, 4.69) is 10.5 Å². The minimum absolute atomic E-state index is 0.0686. The van der Waals surface area contributed by atoms with Crippen molar-refractivity contribution in [3.8, 4) is 28.0 Å². The number of aryl methyl sites for hydroxylation is 1. The van der Waals surface area contributed by atoms with E-state index in [0.717, 1.165) is 0 Å². The molecule has 0 aliphatic carbocycles. The lowest BCUT2D eigenvalue weighted by atomic mass is 9.95. The predicted molar refractivity (Wildman–Crippen MR) is 124 cm³/mol. The topological polar surface area (TPSA) is 121 Å². The van der Waals surface area contributed by atoms with Crippen molar-refractivity contribution in [2.45, 2.75) is 20.8 Å². The van der Waals surface area contributed by atoms with Crippen molar-refractivity contribution < 1.29 is 23.3 Å². The molecule has 3 N–H and O–H groups in total. The smallest absolute Gasteiger partial charge is 0.291 e. The van der Waals surface area contributed by atoms with Crippen molar-refractivity contribution >= 4 is 23.2 Å². The summed E-state index contributed by atoms with van der Waals surface area (Å²) in [5.74, 6) is 1.08. The number of nitrogens with two attached hydrogens (primary N) is 1. The van der Waals surface area contributed by atoms with E-state index < -0.39 is 5.91 Å². The van der Waals surface area contributed by atoms with Gasteiger partial charge in [0, 0.05) is 16.8 Å². The van der Waals surface area contributed by atoms with E-state index in [9.17, 15) is 9.59 Å². The number of Topliss-reactive ketones (excluding diaryl/α,β-unsaturated/α-hetero) is 1. The number of ether oxygens (including phenoxy) is 1. The van der Waals surface area contributed by atoms with Crippen LogP contribution in [0.25, 0.3) is 22.3 Å². The maximum atomic E-state index is 12.6. The minimum Gasteiger partial charge on any atom is -0.493 e. The second-order valence-corrected chi connectivity index (χ2v) is 7.43. The third-order valence-corrected chi connectivity index (χ3v) is 5.11. The van der Waals surface area contributed by atoms with Gasteiger partial charge >= 0.3 is 0 Å². The van der Waals surface area contributed by atoms with Gasteiger partial charge in [-0.2, -0.15) is 0 Å². The predicted octanol–water partition coefficient (Wildman–Crippen LogP) is 5.35. The van der Waals surface area contributed by atoms with Crippen molar-refractivity contribution in [2.75, 3.05) is 17.7 Å². The summed E-state index contributed by atoms with van der Waals surface area (Å²) in [4.78, 5) is 24.7. The van der Waals surface area contributed by atoms with E-state index in [4.69, 9.17) is 19.4 Å². The Morgan fingerprint density at radius 1 is 1.12 bits per heavy atom. The number of hydrogen-bond acceptors (Lipinski definition) is 7. The molecule has 0 bridgehead atoms. The molecule has 0 spiro atoms. The number of rotatable bonds is 7. The molecule has 0 saturated carbocycles. The summed E-state index contributed by atoms with van der Waals surface area (Å²) < 4.78 is 16.3. The number of nitrogens with zero attached hydrogens (tertiary/aromatic N) is 1. The lowest BCUT2D eigenvalue weighted by molar-refractivity contribution is 0.0993. The largest absolute Gasteiger partial charge is 0.493 e. The molecule has 4 aromatic rings. The molecule has 4 rings (SSSR count). The normalized spacial score (nSPS) is 10.8. The van der Waals surface area contributed by atoms with Crippen LogP contribution in [0.1, 0.15) is 40.5 Å². The zero-order chi connectivity index (χ0) is 23.5. The average molecular weight is 445 g/mol. The number of nitrogen functional groups attached to an aromatic ring is 1. The summed E-state index contributed by atoms with van der Waals surface area (Å²) >= 11 is 0. The van der Waals surface area contributed by atoms with Crippen LogP contribution in [0.3, 0.4) is 0 Å². The Labute approximate surface area is 190 Å². The Bertz CT molecular complexity index is 1300. The first kappa shape index (κ1) is 21.9. The van der Waals surface area contributed by atoms with Gasteiger partial charge in [-0.15, -0.1) is 0 Å². The maximum Gasteiger partial charge on any atom is 0.291 e. The number of carbonyl (C=O) groups is 2. The van der Waals surface area contributed by atoms with E-state index in [-0.39, 0.29) is 17.4 Å². The molecule has 8 nitrogen and oxygen atoms in total. The van der Waals surface area contributed by atoms with Gasteiger partial charge in [0.05, 0.1) is 18.4 Å². The zero-order valence-electron chi connectivity index (χ0n) is 18.5. The number of aromatic nitrogens is 1. The van der Waals surface area contributed by atoms with Crippen LogP contribution in [0.4, 0.5) is 11.5 Å². The molecule has 0 saturated heterocycles. The molecule has 2 aromatic heterocycles. The van der Waals surface area contributed by atoms with Gasteiger partial charge in [-0.05, 0) is 80.4 Å². The van der Waals surface area contributed by atoms with Gasteiger partial charge in [0.25, 0.3) is 5.91 Å². The standard InChI is InChI=1S/C25H23N3O5/c1-4-31-21-8-7-16(14(2)29)13-20(21)17-10-18(23-15(3)33-28-24(23)26)12-19(11-17)27-25(30)22-6-5-9-32-22/h5-13H,4H2,1-3H3,(H2,26,28)(H,27,30). The Balaban J connectivity index is 1.89. The quantitative estimate of drug-likeness (QED) is 0.368. The third-order valence-electron chi connectivity index (χ3n) is 5.11. The molecule has 0 radical (unpaired) electrons. The summed E-state index contributed by atoms with van der Waals surface area (Å²) in [6.45, 7) is 5.60. The van der Waals surface area contributed by atoms with Gasteiger partial charge in [0.15, 0.2) is 17.4 Å². The molecule has 0 aliphatic heterocycles. The van der Waals surface area contributed by atoms with Crippen LogP contribution in [0, 0.1) is 6.92 Å². The molecule has 0 fully saturated rings. The number of furan rings is 1. The monoisotopic (exact) mass is 445 g/mol. The molecule has 2 aromatic carbocycles. The highest BCUT2D eigenvalue weighted by Gasteiger charge is 2.18. The fourth-order valence-electron chi connectivity index (χ4n) is 3.60. The van der Waals surface area contributed by atoms with E-state index in [1.54, 1.807) is 49.4 Å². The van der Waals surface area contributed by atoms with Crippen LogP contribution < -0.4 is 15.8 Å². The van der Waals surface area contributed by atoms with Crippen molar-refractivity contribution in [2.24, 2.45) is 0 Å². The molecular weight excluding hydrogens is 422 g/mol. The van der Waals surface area contributed by atoms with Crippen LogP contribution >= 0.6 is 0 Å². The number of carbonyl (C=O) groups excluding carboxylic acids is 2. The summed E-state index contributed by atoms with van der Waals surface area (Å²) in [6.07, 6.45) is 1.43. The molecule has 0 aliphatic rings. The molecule has 1 amide bonds. The maximum absolute atomic E-state index is 12.6. The average Bonchev–Trinajstić information content (AvgIpc) is 3.44. The Morgan fingerprint density at radius 2 is 1.91 bits per heavy atom. The molecule has 8 heteroatoms. The number of benzene rings is 2. The first-order chi connectivity index (χ1) is 15.9. The van der Waals surface area contributed by atoms with E-state index in [1.807, 2.05) is 13.0 Å². The summed E-state index contributed by atoms with van der Waals surface area (Å²) in [7, 11) is 0.